The number of aryl methyl sites for hydroxylation is 1. The second-order valence-corrected chi connectivity index (χ2v) is 5.94. The molecule has 0 aliphatic heterocycles. The highest BCUT2D eigenvalue weighted by atomic mass is 16.1. The van der Waals surface area contributed by atoms with Gasteiger partial charge in [-0.3, -0.25) is 4.79 Å². The highest BCUT2D eigenvalue weighted by Gasteiger charge is 2.06. The Morgan fingerprint density at radius 2 is 1.60 bits per heavy atom. The van der Waals surface area contributed by atoms with Gasteiger partial charge in [0.25, 0.3) is 5.91 Å². The smallest absolute Gasteiger partial charge is 0.270 e. The Labute approximate surface area is 147 Å². The quantitative estimate of drug-likeness (QED) is 0.719. The zero-order chi connectivity index (χ0) is 17.5. The fraction of sp³-hybridized carbons (Fsp3) is 0.143. The molecule has 0 radical (unpaired) electrons. The highest BCUT2D eigenvalue weighted by Crippen LogP contribution is 2.10. The van der Waals surface area contributed by atoms with E-state index in [1.807, 2.05) is 36.4 Å². The average molecular weight is 331 g/mol. The van der Waals surface area contributed by atoms with Crippen LogP contribution in [0.3, 0.4) is 0 Å². The molecule has 0 unspecified atom stereocenters. The summed E-state index contributed by atoms with van der Waals surface area (Å²) in [7, 11) is 0. The van der Waals surface area contributed by atoms with Crippen LogP contribution in [0.1, 0.15) is 27.2 Å². The van der Waals surface area contributed by atoms with Crippen molar-refractivity contribution in [2.24, 2.45) is 0 Å². The maximum absolute atomic E-state index is 12.1. The third-order valence-electron chi connectivity index (χ3n) is 3.91. The van der Waals surface area contributed by atoms with Crippen LogP contribution < -0.4 is 10.6 Å². The van der Waals surface area contributed by atoms with Crippen LogP contribution in [-0.4, -0.2) is 10.9 Å². The first kappa shape index (κ1) is 16.7. The Morgan fingerprint density at radius 1 is 0.880 bits per heavy atom. The summed E-state index contributed by atoms with van der Waals surface area (Å²) in [4.78, 5) is 16.4. The van der Waals surface area contributed by atoms with Crippen molar-refractivity contribution in [3.63, 3.8) is 0 Å². The van der Waals surface area contributed by atoms with Gasteiger partial charge < -0.3 is 10.6 Å². The van der Waals surface area contributed by atoms with E-state index in [4.69, 9.17) is 0 Å². The molecule has 0 atom stereocenters. The Morgan fingerprint density at radius 3 is 2.28 bits per heavy atom. The standard InChI is InChI=1S/C21H21N3O/c1-16-7-9-18(10-8-16)13-22-19-11-12-20(23-15-19)21(25)24-14-17-5-3-2-4-6-17/h2-12,15,22H,13-14H2,1H3,(H,24,25). The summed E-state index contributed by atoms with van der Waals surface area (Å²) in [6.45, 7) is 3.29. The number of nitrogens with zero attached hydrogens (tertiary/aromatic N) is 1. The summed E-state index contributed by atoms with van der Waals surface area (Å²) in [5.41, 5.74) is 4.82. The maximum Gasteiger partial charge on any atom is 0.270 e. The summed E-state index contributed by atoms with van der Waals surface area (Å²) in [6, 6.07) is 21.8. The zero-order valence-corrected chi connectivity index (χ0v) is 14.2. The van der Waals surface area contributed by atoms with E-state index in [-0.39, 0.29) is 5.91 Å². The van der Waals surface area contributed by atoms with E-state index in [2.05, 4.69) is 46.8 Å². The molecule has 25 heavy (non-hydrogen) atoms. The van der Waals surface area contributed by atoms with Gasteiger partial charge in [-0.05, 0) is 30.2 Å². The SMILES string of the molecule is Cc1ccc(CNc2ccc(C(=O)NCc3ccccc3)nc2)cc1. The first-order chi connectivity index (χ1) is 12.2. The molecule has 4 heteroatoms. The van der Waals surface area contributed by atoms with Gasteiger partial charge >= 0.3 is 0 Å². The van der Waals surface area contributed by atoms with Gasteiger partial charge in [-0.2, -0.15) is 0 Å². The summed E-state index contributed by atoms with van der Waals surface area (Å²) < 4.78 is 0. The molecule has 0 aliphatic rings. The first-order valence-corrected chi connectivity index (χ1v) is 8.28. The van der Waals surface area contributed by atoms with Gasteiger partial charge in [0, 0.05) is 13.1 Å². The van der Waals surface area contributed by atoms with Crippen LogP contribution >= 0.6 is 0 Å². The molecular formula is C21H21N3O. The van der Waals surface area contributed by atoms with Crippen LogP contribution in [0.25, 0.3) is 0 Å². The third kappa shape index (κ3) is 4.91. The van der Waals surface area contributed by atoms with Crippen LogP contribution in [-0.2, 0) is 13.1 Å². The number of pyridine rings is 1. The van der Waals surface area contributed by atoms with Crippen molar-refractivity contribution in [3.05, 3.63) is 95.3 Å². The molecule has 1 amide bonds. The van der Waals surface area contributed by atoms with Crippen LogP contribution in [0.2, 0.25) is 0 Å². The largest absolute Gasteiger partial charge is 0.380 e. The number of benzene rings is 2. The van der Waals surface area contributed by atoms with Crippen molar-refractivity contribution in [2.75, 3.05) is 5.32 Å². The van der Waals surface area contributed by atoms with Crippen molar-refractivity contribution in [1.82, 2.24) is 10.3 Å². The van der Waals surface area contributed by atoms with Crippen LogP contribution in [0, 0.1) is 6.92 Å². The fourth-order valence-electron chi connectivity index (χ4n) is 2.41. The lowest BCUT2D eigenvalue weighted by atomic mass is 10.1. The van der Waals surface area contributed by atoms with Crippen molar-refractivity contribution >= 4 is 11.6 Å². The Bertz CT molecular complexity index is 812. The number of carbonyl (C=O) groups is 1. The van der Waals surface area contributed by atoms with Gasteiger partial charge in [0.1, 0.15) is 5.69 Å². The molecule has 0 fully saturated rings. The lowest BCUT2D eigenvalue weighted by Crippen LogP contribution is -2.23. The number of nitrogens with one attached hydrogen (secondary N) is 2. The summed E-state index contributed by atoms with van der Waals surface area (Å²) in [5, 5.41) is 6.19. The minimum Gasteiger partial charge on any atom is -0.380 e. The Kier molecular flexibility index (Phi) is 5.42. The predicted molar refractivity (Wildman–Crippen MR) is 100 cm³/mol. The minimum atomic E-state index is -0.172. The number of hydrogen-bond acceptors (Lipinski definition) is 3. The first-order valence-electron chi connectivity index (χ1n) is 8.28. The van der Waals surface area contributed by atoms with Gasteiger partial charge in [-0.15, -0.1) is 0 Å². The molecule has 1 aromatic heterocycles. The second kappa shape index (κ2) is 8.11. The van der Waals surface area contributed by atoms with E-state index in [1.165, 1.54) is 11.1 Å². The van der Waals surface area contributed by atoms with Crippen molar-refractivity contribution in [3.8, 4) is 0 Å². The number of anilines is 1. The lowest BCUT2D eigenvalue weighted by molar-refractivity contribution is 0.0946. The van der Waals surface area contributed by atoms with Gasteiger partial charge in [-0.25, -0.2) is 4.98 Å². The van der Waals surface area contributed by atoms with Crippen molar-refractivity contribution in [2.45, 2.75) is 20.0 Å². The van der Waals surface area contributed by atoms with E-state index in [0.29, 0.717) is 12.2 Å². The number of hydrogen-bond donors (Lipinski definition) is 2. The normalized spacial score (nSPS) is 10.3. The highest BCUT2D eigenvalue weighted by molar-refractivity contribution is 5.92. The average Bonchev–Trinajstić information content (AvgIpc) is 2.67. The minimum absolute atomic E-state index is 0.172. The Balaban J connectivity index is 1.52. The summed E-state index contributed by atoms with van der Waals surface area (Å²) in [6.07, 6.45) is 1.69. The molecule has 0 spiro atoms. The summed E-state index contributed by atoms with van der Waals surface area (Å²) >= 11 is 0. The molecule has 3 aromatic rings. The van der Waals surface area contributed by atoms with Gasteiger partial charge in [0.15, 0.2) is 0 Å². The predicted octanol–water partition coefficient (Wildman–Crippen LogP) is 3.93. The van der Waals surface area contributed by atoms with Crippen LogP contribution in [0.5, 0.6) is 0 Å². The number of rotatable bonds is 6. The van der Waals surface area contributed by atoms with E-state index in [0.717, 1.165) is 17.8 Å². The molecule has 4 nitrogen and oxygen atoms in total. The molecule has 1 heterocycles. The van der Waals surface area contributed by atoms with Crippen molar-refractivity contribution in [1.29, 1.82) is 0 Å². The van der Waals surface area contributed by atoms with Gasteiger partial charge in [0.2, 0.25) is 0 Å². The van der Waals surface area contributed by atoms with Crippen LogP contribution in [0.15, 0.2) is 72.9 Å². The van der Waals surface area contributed by atoms with E-state index < -0.39 is 0 Å². The molecule has 126 valence electrons. The molecular weight excluding hydrogens is 310 g/mol. The fourth-order valence-corrected chi connectivity index (χ4v) is 2.41. The molecule has 0 saturated heterocycles. The molecule has 3 rings (SSSR count). The summed E-state index contributed by atoms with van der Waals surface area (Å²) in [5.74, 6) is -0.172. The van der Waals surface area contributed by atoms with E-state index >= 15 is 0 Å². The van der Waals surface area contributed by atoms with Gasteiger partial charge in [-0.1, -0.05) is 60.2 Å². The maximum atomic E-state index is 12.1. The van der Waals surface area contributed by atoms with Gasteiger partial charge in [0.05, 0.1) is 11.9 Å². The molecule has 2 N–H and O–H groups in total. The van der Waals surface area contributed by atoms with Crippen molar-refractivity contribution < 1.29 is 4.79 Å². The zero-order valence-electron chi connectivity index (χ0n) is 14.2. The van der Waals surface area contributed by atoms with E-state index in [1.54, 1.807) is 12.3 Å². The molecule has 0 saturated carbocycles. The molecule has 2 aromatic carbocycles. The number of amides is 1. The number of carbonyl (C=O) groups excluding carboxylic acids is 1. The number of aromatic nitrogens is 1. The monoisotopic (exact) mass is 331 g/mol. The topological polar surface area (TPSA) is 54.0 Å². The molecule has 0 bridgehead atoms. The Hall–Kier alpha value is -3.14. The molecule has 0 aliphatic carbocycles. The van der Waals surface area contributed by atoms with E-state index in [9.17, 15) is 4.79 Å². The van der Waals surface area contributed by atoms with Crippen LogP contribution in [0.4, 0.5) is 5.69 Å². The third-order valence-corrected chi connectivity index (χ3v) is 3.91. The second-order valence-electron chi connectivity index (χ2n) is 5.94. The lowest BCUT2D eigenvalue weighted by Gasteiger charge is -2.08.